The summed E-state index contributed by atoms with van der Waals surface area (Å²) in [6.45, 7) is 1.41. The van der Waals surface area contributed by atoms with Crippen molar-refractivity contribution in [2.24, 2.45) is 0 Å². The second-order valence-electron chi connectivity index (χ2n) is 5.16. The number of carbonyl (C=O) groups excluding carboxylic acids is 1. The molecule has 1 aliphatic rings. The van der Waals surface area contributed by atoms with E-state index in [4.69, 9.17) is 4.18 Å². The molecule has 1 heterocycles. The van der Waals surface area contributed by atoms with Crippen molar-refractivity contribution in [2.75, 3.05) is 18.6 Å². The molecule has 0 bridgehead atoms. The highest BCUT2D eigenvalue weighted by molar-refractivity contribution is 7.89. The molecule has 1 aromatic rings. The molecular weight excluding hydrogens is 330 g/mol. The second kappa shape index (κ2) is 5.98. The SMILES string of the molecule is CC(=O)c1ccc(OS(=O)(=O)CC2CCS(=O)(=O)N2C)cc1. The highest BCUT2D eigenvalue weighted by Gasteiger charge is 2.37. The average Bonchev–Trinajstić information content (AvgIpc) is 2.65. The molecule has 7 nitrogen and oxygen atoms in total. The fourth-order valence-corrected chi connectivity index (χ4v) is 5.11. The summed E-state index contributed by atoms with van der Waals surface area (Å²) in [4.78, 5) is 11.1. The molecule has 0 saturated carbocycles. The predicted octanol–water partition coefficient (Wildman–Crippen LogP) is 0.632. The Balaban J connectivity index is 2.07. The molecule has 1 aliphatic heterocycles. The molecule has 1 unspecified atom stereocenters. The van der Waals surface area contributed by atoms with Crippen molar-refractivity contribution in [3.63, 3.8) is 0 Å². The van der Waals surface area contributed by atoms with Crippen LogP contribution in [0.15, 0.2) is 24.3 Å². The van der Waals surface area contributed by atoms with Gasteiger partial charge in [-0.2, -0.15) is 8.42 Å². The van der Waals surface area contributed by atoms with Crippen LogP contribution in [0.3, 0.4) is 0 Å². The van der Waals surface area contributed by atoms with Gasteiger partial charge in [0.15, 0.2) is 5.78 Å². The smallest absolute Gasteiger partial charge is 0.310 e. The van der Waals surface area contributed by atoms with Gasteiger partial charge < -0.3 is 4.18 Å². The van der Waals surface area contributed by atoms with Gasteiger partial charge >= 0.3 is 10.1 Å². The van der Waals surface area contributed by atoms with Gasteiger partial charge in [-0.25, -0.2) is 12.7 Å². The number of sulfonamides is 1. The van der Waals surface area contributed by atoms with Gasteiger partial charge in [-0.15, -0.1) is 0 Å². The van der Waals surface area contributed by atoms with E-state index >= 15 is 0 Å². The highest BCUT2D eigenvalue weighted by Crippen LogP contribution is 2.22. The lowest BCUT2D eigenvalue weighted by Gasteiger charge is -2.17. The third kappa shape index (κ3) is 3.84. The number of Topliss-reactive ketones (excluding diaryl/α,β-unsaturated/α-hetero) is 1. The molecule has 1 aromatic carbocycles. The van der Waals surface area contributed by atoms with Gasteiger partial charge in [-0.3, -0.25) is 4.79 Å². The first-order chi connectivity index (χ1) is 10.1. The molecule has 1 atom stereocenters. The van der Waals surface area contributed by atoms with Crippen molar-refractivity contribution in [3.05, 3.63) is 29.8 Å². The molecule has 2 rings (SSSR count). The minimum absolute atomic E-state index is 0.0585. The quantitative estimate of drug-likeness (QED) is 0.572. The summed E-state index contributed by atoms with van der Waals surface area (Å²) in [5, 5.41) is 0. The van der Waals surface area contributed by atoms with Crippen molar-refractivity contribution in [1.82, 2.24) is 4.31 Å². The molecule has 122 valence electrons. The number of carbonyl (C=O) groups is 1. The third-order valence-corrected chi connectivity index (χ3v) is 6.71. The molecule has 0 N–H and O–H groups in total. The minimum atomic E-state index is -3.93. The minimum Gasteiger partial charge on any atom is -0.382 e. The van der Waals surface area contributed by atoms with Gasteiger partial charge in [0, 0.05) is 18.7 Å². The summed E-state index contributed by atoms with van der Waals surface area (Å²) in [7, 11) is -5.92. The molecular formula is C13H17NO6S2. The summed E-state index contributed by atoms with van der Waals surface area (Å²) in [6.07, 6.45) is 0.255. The zero-order valence-corrected chi connectivity index (χ0v) is 13.9. The van der Waals surface area contributed by atoms with Crippen LogP contribution in [0, 0.1) is 0 Å². The van der Waals surface area contributed by atoms with Crippen LogP contribution in [0.5, 0.6) is 5.75 Å². The number of rotatable bonds is 5. The number of hydrogen-bond acceptors (Lipinski definition) is 6. The first kappa shape index (κ1) is 16.9. The van der Waals surface area contributed by atoms with Crippen molar-refractivity contribution >= 4 is 25.9 Å². The molecule has 0 aromatic heterocycles. The Hall–Kier alpha value is -1.45. The standard InChI is InChI=1S/C13H17NO6S2/c1-10(15)11-3-5-13(6-4-11)20-22(18,19)9-12-7-8-21(16,17)14(12)2/h3-6,12H,7-9H2,1-2H3. The zero-order valence-electron chi connectivity index (χ0n) is 12.2. The van der Waals surface area contributed by atoms with Gasteiger partial charge in [-0.05, 0) is 37.6 Å². The van der Waals surface area contributed by atoms with Crippen LogP contribution >= 0.6 is 0 Å². The van der Waals surface area contributed by atoms with Gasteiger partial charge in [-0.1, -0.05) is 0 Å². The first-order valence-electron chi connectivity index (χ1n) is 6.59. The van der Waals surface area contributed by atoms with E-state index in [1.54, 1.807) is 0 Å². The summed E-state index contributed by atoms with van der Waals surface area (Å²) in [5.41, 5.74) is 0.450. The Labute approximate surface area is 130 Å². The largest absolute Gasteiger partial charge is 0.382 e. The predicted molar refractivity (Wildman–Crippen MR) is 80.8 cm³/mol. The van der Waals surface area contributed by atoms with Crippen LogP contribution in [0.1, 0.15) is 23.7 Å². The molecule has 22 heavy (non-hydrogen) atoms. The Morgan fingerprint density at radius 2 is 1.91 bits per heavy atom. The van der Waals surface area contributed by atoms with Gasteiger partial charge in [0.25, 0.3) is 0 Å². The Morgan fingerprint density at radius 1 is 1.32 bits per heavy atom. The monoisotopic (exact) mass is 347 g/mol. The van der Waals surface area contributed by atoms with Crippen LogP contribution in [0.25, 0.3) is 0 Å². The molecule has 0 amide bonds. The topological polar surface area (TPSA) is 97.8 Å². The molecule has 1 saturated heterocycles. The van der Waals surface area contributed by atoms with Gasteiger partial charge in [0.05, 0.1) is 5.75 Å². The lowest BCUT2D eigenvalue weighted by Crippen LogP contribution is -2.35. The fraction of sp³-hybridized carbons (Fsp3) is 0.462. The molecule has 0 aliphatic carbocycles. The van der Waals surface area contributed by atoms with Crippen LogP contribution in [-0.2, 0) is 20.1 Å². The van der Waals surface area contributed by atoms with E-state index in [2.05, 4.69) is 0 Å². The average molecular weight is 347 g/mol. The van der Waals surface area contributed by atoms with E-state index in [-0.39, 0.29) is 23.7 Å². The number of benzene rings is 1. The zero-order chi connectivity index (χ0) is 16.5. The van der Waals surface area contributed by atoms with Gasteiger partial charge in [0.1, 0.15) is 11.5 Å². The number of hydrogen-bond donors (Lipinski definition) is 0. The second-order valence-corrected chi connectivity index (χ2v) is 8.93. The first-order valence-corrected chi connectivity index (χ1v) is 9.78. The molecule has 1 fully saturated rings. The maximum Gasteiger partial charge on any atom is 0.310 e. The van der Waals surface area contributed by atoms with Crippen LogP contribution in [0.4, 0.5) is 0 Å². The normalized spacial score (nSPS) is 21.6. The maximum absolute atomic E-state index is 12.0. The number of nitrogens with zero attached hydrogens (tertiary/aromatic N) is 1. The Bertz CT molecular complexity index is 767. The van der Waals surface area contributed by atoms with E-state index in [0.29, 0.717) is 5.56 Å². The van der Waals surface area contributed by atoms with E-state index < -0.39 is 31.9 Å². The highest BCUT2D eigenvalue weighted by atomic mass is 32.2. The van der Waals surface area contributed by atoms with E-state index in [9.17, 15) is 21.6 Å². The van der Waals surface area contributed by atoms with E-state index in [1.807, 2.05) is 0 Å². The van der Waals surface area contributed by atoms with Crippen molar-refractivity contribution in [1.29, 1.82) is 0 Å². The summed E-state index contributed by atoms with van der Waals surface area (Å²) in [5.74, 6) is -0.505. The fourth-order valence-electron chi connectivity index (χ4n) is 2.19. The van der Waals surface area contributed by atoms with Crippen LogP contribution < -0.4 is 4.18 Å². The lowest BCUT2D eigenvalue weighted by atomic mass is 10.1. The van der Waals surface area contributed by atoms with Crippen LogP contribution in [0.2, 0.25) is 0 Å². The maximum atomic E-state index is 12.0. The van der Waals surface area contributed by atoms with Gasteiger partial charge in [0.2, 0.25) is 10.0 Å². The summed E-state index contributed by atoms with van der Waals surface area (Å²) >= 11 is 0. The summed E-state index contributed by atoms with van der Waals surface area (Å²) < 4.78 is 53.2. The summed E-state index contributed by atoms with van der Waals surface area (Å²) in [6, 6.07) is 5.11. The molecule has 0 spiro atoms. The molecule has 0 radical (unpaired) electrons. The van der Waals surface area contributed by atoms with Crippen molar-refractivity contribution in [2.45, 2.75) is 19.4 Å². The van der Waals surface area contributed by atoms with Crippen molar-refractivity contribution in [3.8, 4) is 5.75 Å². The third-order valence-electron chi connectivity index (χ3n) is 3.54. The number of ketones is 1. The van der Waals surface area contributed by atoms with Crippen LogP contribution in [-0.4, -0.2) is 51.5 Å². The lowest BCUT2D eigenvalue weighted by molar-refractivity contribution is 0.101. The Morgan fingerprint density at radius 3 is 2.36 bits per heavy atom. The van der Waals surface area contributed by atoms with Crippen molar-refractivity contribution < 1.29 is 25.8 Å². The Kier molecular flexibility index (Phi) is 4.59. The van der Waals surface area contributed by atoms with E-state index in [1.165, 1.54) is 38.2 Å². The van der Waals surface area contributed by atoms with E-state index in [0.717, 1.165) is 4.31 Å². The molecule has 9 heteroatoms.